The Morgan fingerprint density at radius 3 is 3.00 bits per heavy atom. The van der Waals surface area contributed by atoms with E-state index in [1.807, 2.05) is 19.1 Å². The molecule has 5 rings (SSSR count). The van der Waals surface area contributed by atoms with Crippen molar-refractivity contribution in [2.75, 3.05) is 25.5 Å². The Kier molecular flexibility index (Phi) is 3.21. The van der Waals surface area contributed by atoms with Gasteiger partial charge in [0.1, 0.15) is 0 Å². The molecule has 5 heteroatoms. The second kappa shape index (κ2) is 5.19. The van der Waals surface area contributed by atoms with Crippen LogP contribution in [0.15, 0.2) is 36.4 Å². The number of rotatable bonds is 2. The molecular formula is C21H24N2O3. The third-order valence-electron chi connectivity index (χ3n) is 7.49. The van der Waals surface area contributed by atoms with Gasteiger partial charge in [-0.25, -0.2) is 0 Å². The summed E-state index contributed by atoms with van der Waals surface area (Å²) in [6, 6.07) is 8.37. The molecule has 0 unspecified atom stereocenters. The van der Waals surface area contributed by atoms with Gasteiger partial charge in [0.15, 0.2) is 0 Å². The minimum atomic E-state index is -0.360. The lowest BCUT2D eigenvalue weighted by molar-refractivity contribution is -0.150. The van der Waals surface area contributed by atoms with Gasteiger partial charge >= 0.3 is 5.97 Å². The van der Waals surface area contributed by atoms with Crippen LogP contribution in [-0.2, 0) is 19.7 Å². The number of carbonyl (C=O) groups excluding carboxylic acids is 2. The molecule has 2 fully saturated rings. The zero-order valence-corrected chi connectivity index (χ0v) is 15.2. The van der Waals surface area contributed by atoms with Gasteiger partial charge in [-0.3, -0.25) is 14.5 Å². The van der Waals surface area contributed by atoms with Crippen LogP contribution in [0.25, 0.3) is 0 Å². The van der Waals surface area contributed by atoms with Crippen LogP contribution in [0.4, 0.5) is 5.69 Å². The topological polar surface area (TPSA) is 58.6 Å². The fourth-order valence-corrected chi connectivity index (χ4v) is 6.48. The number of methoxy groups -OCH3 is 1. The summed E-state index contributed by atoms with van der Waals surface area (Å²) in [4.78, 5) is 28.1. The van der Waals surface area contributed by atoms with E-state index in [1.54, 1.807) is 0 Å². The van der Waals surface area contributed by atoms with Crippen molar-refractivity contribution in [3.05, 3.63) is 42.0 Å². The highest BCUT2D eigenvalue weighted by molar-refractivity contribution is 5.98. The molecule has 1 amide bonds. The zero-order valence-electron chi connectivity index (χ0n) is 15.2. The predicted octanol–water partition coefficient (Wildman–Crippen LogP) is 2.34. The number of ether oxygens (including phenoxy) is 1. The Bertz CT molecular complexity index is 834. The van der Waals surface area contributed by atoms with Crippen LogP contribution in [0.1, 0.15) is 25.3 Å². The Morgan fingerprint density at radius 1 is 1.38 bits per heavy atom. The average molecular weight is 352 g/mol. The van der Waals surface area contributed by atoms with Gasteiger partial charge in [0.05, 0.1) is 18.9 Å². The highest BCUT2D eigenvalue weighted by Gasteiger charge is 2.71. The molecule has 1 aromatic carbocycles. The molecule has 5 nitrogen and oxygen atoms in total. The van der Waals surface area contributed by atoms with E-state index >= 15 is 0 Å². The third-order valence-corrected chi connectivity index (χ3v) is 7.49. The summed E-state index contributed by atoms with van der Waals surface area (Å²) in [5.41, 5.74) is 1.60. The number of carbonyl (C=O) groups is 2. The van der Waals surface area contributed by atoms with E-state index < -0.39 is 0 Å². The van der Waals surface area contributed by atoms with Crippen LogP contribution >= 0.6 is 0 Å². The van der Waals surface area contributed by atoms with E-state index in [1.165, 1.54) is 12.7 Å². The highest BCUT2D eigenvalue weighted by Crippen LogP contribution is 2.67. The van der Waals surface area contributed by atoms with Gasteiger partial charge in [0, 0.05) is 29.1 Å². The Morgan fingerprint density at radius 2 is 2.19 bits per heavy atom. The van der Waals surface area contributed by atoms with E-state index in [2.05, 4.69) is 34.5 Å². The summed E-state index contributed by atoms with van der Waals surface area (Å²) in [5.74, 6) is -0.477. The molecule has 26 heavy (non-hydrogen) atoms. The van der Waals surface area contributed by atoms with E-state index in [9.17, 15) is 9.59 Å². The maximum Gasteiger partial charge on any atom is 0.309 e. The van der Waals surface area contributed by atoms with E-state index in [0.29, 0.717) is 6.42 Å². The van der Waals surface area contributed by atoms with Crippen molar-refractivity contribution in [3.8, 4) is 0 Å². The van der Waals surface area contributed by atoms with Crippen molar-refractivity contribution in [1.82, 2.24) is 4.90 Å². The summed E-state index contributed by atoms with van der Waals surface area (Å²) in [7, 11) is 1.45. The standard InChI is InChI=1S/C21H24N2O3/c1-13(18(25)26-2)20-8-5-10-23-11-9-21(19(20)23)14-6-3-4-7-16(14)22-17(24)15(21)12-20/h3-8,13,15,19H,9-12H2,1-2H3,(H,22,24)/t13-,15-,19+,20+,21+/m1/s1. The first-order valence-electron chi connectivity index (χ1n) is 9.44. The lowest BCUT2D eigenvalue weighted by Gasteiger charge is -2.47. The maximum atomic E-state index is 13.1. The number of para-hydroxylation sites is 1. The van der Waals surface area contributed by atoms with Crippen molar-refractivity contribution in [3.63, 3.8) is 0 Å². The Labute approximate surface area is 153 Å². The molecule has 1 spiro atoms. The molecule has 3 heterocycles. The van der Waals surface area contributed by atoms with Gasteiger partial charge in [-0.15, -0.1) is 0 Å². The predicted molar refractivity (Wildman–Crippen MR) is 97.6 cm³/mol. The number of amides is 1. The Balaban J connectivity index is 1.75. The molecule has 5 atom stereocenters. The minimum absolute atomic E-state index is 0.102. The fraction of sp³-hybridized carbons (Fsp3) is 0.524. The highest BCUT2D eigenvalue weighted by atomic mass is 16.5. The summed E-state index contributed by atoms with van der Waals surface area (Å²) in [5, 5.41) is 3.12. The number of hydrogen-bond acceptors (Lipinski definition) is 4. The molecule has 1 aromatic rings. The number of anilines is 1. The van der Waals surface area contributed by atoms with Crippen molar-refractivity contribution >= 4 is 17.6 Å². The van der Waals surface area contributed by atoms with Crippen molar-refractivity contribution in [2.45, 2.75) is 31.2 Å². The molecular weight excluding hydrogens is 328 g/mol. The van der Waals surface area contributed by atoms with E-state index in [0.717, 1.165) is 25.2 Å². The number of benzene rings is 1. The van der Waals surface area contributed by atoms with Gasteiger partial charge in [-0.05, 0) is 31.0 Å². The minimum Gasteiger partial charge on any atom is -0.469 e. The molecule has 3 aliphatic heterocycles. The number of esters is 1. The van der Waals surface area contributed by atoms with Crippen molar-refractivity contribution in [1.29, 1.82) is 0 Å². The monoisotopic (exact) mass is 352 g/mol. The van der Waals surface area contributed by atoms with Crippen LogP contribution in [0, 0.1) is 17.3 Å². The number of nitrogens with zero attached hydrogens (tertiary/aromatic N) is 1. The molecule has 0 aromatic heterocycles. The third kappa shape index (κ3) is 1.70. The van der Waals surface area contributed by atoms with Crippen molar-refractivity contribution < 1.29 is 14.3 Å². The zero-order chi connectivity index (χ0) is 18.1. The van der Waals surface area contributed by atoms with Gasteiger partial charge in [-0.1, -0.05) is 37.3 Å². The SMILES string of the molecule is COC(=O)[C@@H](C)[C@]12C=CCN3CC[C@@]4(c5ccccc5NC(=O)[C@H]4C1)[C@@H]32. The first-order chi connectivity index (χ1) is 12.5. The molecule has 1 N–H and O–H groups in total. The van der Waals surface area contributed by atoms with Crippen LogP contribution in [0.5, 0.6) is 0 Å². The molecule has 136 valence electrons. The first-order valence-corrected chi connectivity index (χ1v) is 9.44. The molecule has 0 radical (unpaired) electrons. The van der Waals surface area contributed by atoms with Gasteiger partial charge in [0.2, 0.25) is 5.91 Å². The second-order valence-corrected chi connectivity index (χ2v) is 8.24. The summed E-state index contributed by atoms with van der Waals surface area (Å²) >= 11 is 0. The van der Waals surface area contributed by atoms with Gasteiger partial charge < -0.3 is 10.1 Å². The molecule has 4 aliphatic rings. The van der Waals surface area contributed by atoms with Crippen LogP contribution in [0.2, 0.25) is 0 Å². The summed E-state index contributed by atoms with van der Waals surface area (Å²) in [6.07, 6.45) is 6.05. The maximum absolute atomic E-state index is 13.1. The fourth-order valence-electron chi connectivity index (χ4n) is 6.48. The van der Waals surface area contributed by atoms with Crippen LogP contribution in [0.3, 0.4) is 0 Å². The smallest absolute Gasteiger partial charge is 0.309 e. The van der Waals surface area contributed by atoms with Gasteiger partial charge in [0.25, 0.3) is 0 Å². The number of nitrogens with one attached hydrogen (secondary N) is 1. The van der Waals surface area contributed by atoms with Crippen LogP contribution in [-0.4, -0.2) is 43.0 Å². The van der Waals surface area contributed by atoms with Crippen molar-refractivity contribution in [2.24, 2.45) is 17.3 Å². The average Bonchev–Trinajstić information content (AvgIpc) is 3.20. The lowest BCUT2D eigenvalue weighted by atomic mass is 9.63. The second-order valence-electron chi connectivity index (χ2n) is 8.24. The first kappa shape index (κ1) is 16.1. The lowest BCUT2D eigenvalue weighted by Crippen LogP contribution is -2.55. The molecule has 1 saturated carbocycles. The van der Waals surface area contributed by atoms with Gasteiger partial charge in [-0.2, -0.15) is 0 Å². The molecule has 1 aliphatic carbocycles. The number of fused-ring (bicyclic) bond motifs is 1. The van der Waals surface area contributed by atoms with E-state index in [-0.39, 0.29) is 40.6 Å². The normalized spacial score (nSPS) is 38.2. The van der Waals surface area contributed by atoms with E-state index in [4.69, 9.17) is 4.74 Å². The largest absolute Gasteiger partial charge is 0.469 e. The molecule has 1 saturated heterocycles. The van der Waals surface area contributed by atoms with Crippen LogP contribution < -0.4 is 5.32 Å². The Hall–Kier alpha value is -2.14. The number of hydrogen-bond donors (Lipinski definition) is 1. The molecule has 0 bridgehead atoms. The summed E-state index contributed by atoms with van der Waals surface area (Å²) < 4.78 is 5.11. The summed E-state index contributed by atoms with van der Waals surface area (Å²) in [6.45, 7) is 3.81. The quantitative estimate of drug-likeness (QED) is 0.656.